The van der Waals surface area contributed by atoms with Gasteiger partial charge in [0.25, 0.3) is 0 Å². The number of unbranched alkanes of at least 4 members (excludes halogenated alkanes) is 3. The fourth-order valence-electron chi connectivity index (χ4n) is 3.06. The van der Waals surface area contributed by atoms with Crippen molar-refractivity contribution in [3.05, 3.63) is 71.8 Å². The summed E-state index contributed by atoms with van der Waals surface area (Å²) in [6, 6.07) is 19.2. The Hall–Kier alpha value is -3.15. The van der Waals surface area contributed by atoms with Gasteiger partial charge in [-0.05, 0) is 36.8 Å². The Morgan fingerprint density at radius 2 is 1.06 bits per heavy atom. The second-order valence-corrected chi connectivity index (χ2v) is 7.66. The van der Waals surface area contributed by atoms with E-state index in [-0.39, 0.29) is 24.5 Å². The number of rotatable bonds is 15. The average molecular weight is 440 g/mol. The van der Waals surface area contributed by atoms with Gasteiger partial charge >= 0.3 is 11.9 Å². The highest BCUT2D eigenvalue weighted by Gasteiger charge is 2.06. The van der Waals surface area contributed by atoms with E-state index in [1.54, 1.807) is 0 Å². The summed E-state index contributed by atoms with van der Waals surface area (Å²) in [5.74, 6) is -0.443. The zero-order chi connectivity index (χ0) is 22.9. The number of esters is 2. The highest BCUT2D eigenvalue weighted by molar-refractivity contribution is 5.76. The van der Waals surface area contributed by atoms with E-state index in [1.165, 1.54) is 0 Å². The van der Waals surface area contributed by atoms with Crippen LogP contribution in [0.1, 0.15) is 62.5 Å². The van der Waals surface area contributed by atoms with E-state index < -0.39 is 0 Å². The third-order valence-electron chi connectivity index (χ3n) is 4.90. The van der Waals surface area contributed by atoms with Crippen LogP contribution in [0.25, 0.3) is 0 Å². The van der Waals surface area contributed by atoms with Crippen LogP contribution in [-0.4, -0.2) is 24.4 Å². The molecule has 0 saturated heterocycles. The van der Waals surface area contributed by atoms with Crippen LogP contribution in [0.3, 0.4) is 0 Å². The van der Waals surface area contributed by atoms with Gasteiger partial charge in [-0.1, -0.05) is 67.1 Å². The first-order valence-corrected chi connectivity index (χ1v) is 11.3. The monoisotopic (exact) mass is 439 g/mol. The van der Waals surface area contributed by atoms with Gasteiger partial charge in [0.15, 0.2) is 0 Å². The first-order valence-electron chi connectivity index (χ1n) is 11.3. The molecule has 6 heteroatoms. The van der Waals surface area contributed by atoms with Crippen molar-refractivity contribution in [3.8, 4) is 0 Å². The molecule has 0 spiro atoms. The third-order valence-corrected chi connectivity index (χ3v) is 4.90. The fraction of sp³-hybridized carbons (Fsp3) is 0.423. The maximum absolute atomic E-state index is 11.9. The van der Waals surface area contributed by atoms with E-state index in [1.807, 2.05) is 60.7 Å². The summed E-state index contributed by atoms with van der Waals surface area (Å²) >= 11 is 0. The lowest BCUT2D eigenvalue weighted by atomic mass is 10.1. The molecule has 0 radical (unpaired) electrons. The van der Waals surface area contributed by atoms with Gasteiger partial charge in [-0.15, -0.1) is 0 Å². The summed E-state index contributed by atoms with van der Waals surface area (Å²) in [7, 11) is 0. The van der Waals surface area contributed by atoms with E-state index in [0.717, 1.165) is 30.4 Å². The molecule has 1 amide bonds. The van der Waals surface area contributed by atoms with Gasteiger partial charge in [-0.2, -0.15) is 0 Å². The van der Waals surface area contributed by atoms with Crippen LogP contribution >= 0.6 is 0 Å². The molecule has 0 aliphatic rings. The van der Waals surface area contributed by atoms with Gasteiger partial charge in [0.05, 0.1) is 0 Å². The zero-order valence-corrected chi connectivity index (χ0v) is 18.6. The molecule has 32 heavy (non-hydrogen) atoms. The molecule has 0 aromatic heterocycles. The first-order chi connectivity index (χ1) is 15.6. The quantitative estimate of drug-likeness (QED) is 0.321. The van der Waals surface area contributed by atoms with Crippen LogP contribution in [0.4, 0.5) is 0 Å². The standard InChI is InChI=1S/C26H33NO5/c28-24(16-9-10-18-26(30)32-21-23-14-6-2-7-15-23)27-19-11-3-8-17-25(29)31-20-22-12-4-1-5-13-22/h1-2,4-7,12-15H,3,8-11,16-21H2,(H,27,28). The topological polar surface area (TPSA) is 81.7 Å². The Morgan fingerprint density at radius 3 is 1.59 bits per heavy atom. The number of benzene rings is 2. The van der Waals surface area contributed by atoms with Crippen molar-refractivity contribution in [2.24, 2.45) is 0 Å². The lowest BCUT2D eigenvalue weighted by Crippen LogP contribution is -2.24. The number of nitrogens with one attached hydrogen (secondary N) is 1. The number of carbonyl (C=O) groups excluding carboxylic acids is 3. The Balaban J connectivity index is 1.38. The second-order valence-electron chi connectivity index (χ2n) is 7.66. The van der Waals surface area contributed by atoms with Crippen LogP contribution in [0, 0.1) is 0 Å². The Bertz CT molecular complexity index is 807. The summed E-state index contributed by atoms with van der Waals surface area (Å²) in [5, 5.41) is 2.88. The first kappa shape index (κ1) is 25.1. The van der Waals surface area contributed by atoms with Crippen molar-refractivity contribution in [1.82, 2.24) is 5.32 Å². The Kier molecular flexibility index (Phi) is 12.3. The molecule has 0 heterocycles. The molecule has 2 rings (SSSR count). The molecule has 0 aliphatic heterocycles. The van der Waals surface area contributed by atoms with Crippen molar-refractivity contribution in [2.75, 3.05) is 6.54 Å². The Labute approximate surface area is 190 Å². The zero-order valence-electron chi connectivity index (χ0n) is 18.6. The smallest absolute Gasteiger partial charge is 0.306 e. The van der Waals surface area contributed by atoms with Crippen molar-refractivity contribution < 1.29 is 23.9 Å². The van der Waals surface area contributed by atoms with Gasteiger partial charge < -0.3 is 14.8 Å². The normalized spacial score (nSPS) is 10.4. The van der Waals surface area contributed by atoms with Crippen molar-refractivity contribution >= 4 is 17.8 Å². The predicted octanol–water partition coefficient (Wildman–Crippen LogP) is 4.71. The van der Waals surface area contributed by atoms with Crippen LogP contribution < -0.4 is 5.32 Å². The minimum Gasteiger partial charge on any atom is -0.461 e. The fourth-order valence-corrected chi connectivity index (χ4v) is 3.06. The minimum atomic E-state index is -0.239. The molecule has 0 bridgehead atoms. The minimum absolute atomic E-state index is 0.00933. The molecule has 0 atom stereocenters. The average Bonchev–Trinajstić information content (AvgIpc) is 2.82. The van der Waals surface area contributed by atoms with Gasteiger partial charge in [-0.3, -0.25) is 14.4 Å². The molecule has 0 fully saturated rings. The molecule has 0 saturated carbocycles. The molecular formula is C26H33NO5. The molecule has 0 aliphatic carbocycles. The van der Waals surface area contributed by atoms with Gasteiger partial charge in [0.2, 0.25) is 5.91 Å². The third kappa shape index (κ3) is 11.9. The molecule has 1 N–H and O–H groups in total. The lowest BCUT2D eigenvalue weighted by molar-refractivity contribution is -0.146. The van der Waals surface area contributed by atoms with Crippen LogP contribution in [0.15, 0.2) is 60.7 Å². The SMILES string of the molecule is O=C(CCCCC(=O)OCc1ccccc1)NCCCCCC(=O)OCc1ccccc1. The van der Waals surface area contributed by atoms with Crippen molar-refractivity contribution in [3.63, 3.8) is 0 Å². The van der Waals surface area contributed by atoms with Gasteiger partial charge in [0, 0.05) is 25.8 Å². The van der Waals surface area contributed by atoms with Crippen molar-refractivity contribution in [2.45, 2.75) is 64.6 Å². The number of carbonyl (C=O) groups is 3. The van der Waals surface area contributed by atoms with Crippen molar-refractivity contribution in [1.29, 1.82) is 0 Å². The maximum Gasteiger partial charge on any atom is 0.306 e. The molecular weight excluding hydrogens is 406 g/mol. The number of hydrogen-bond acceptors (Lipinski definition) is 5. The van der Waals surface area contributed by atoms with Crippen LogP contribution in [-0.2, 0) is 37.1 Å². The van der Waals surface area contributed by atoms with Gasteiger partial charge in [0.1, 0.15) is 13.2 Å². The number of hydrogen-bond donors (Lipinski definition) is 1. The predicted molar refractivity (Wildman–Crippen MR) is 122 cm³/mol. The van der Waals surface area contributed by atoms with Crippen LogP contribution in [0.2, 0.25) is 0 Å². The number of amides is 1. The Morgan fingerprint density at radius 1 is 0.594 bits per heavy atom. The van der Waals surface area contributed by atoms with E-state index in [0.29, 0.717) is 45.3 Å². The largest absolute Gasteiger partial charge is 0.461 e. The van der Waals surface area contributed by atoms with E-state index >= 15 is 0 Å². The maximum atomic E-state index is 11.9. The van der Waals surface area contributed by atoms with E-state index in [2.05, 4.69) is 5.32 Å². The van der Waals surface area contributed by atoms with Gasteiger partial charge in [-0.25, -0.2) is 0 Å². The van der Waals surface area contributed by atoms with E-state index in [9.17, 15) is 14.4 Å². The molecule has 0 unspecified atom stereocenters. The second kappa shape index (κ2) is 15.6. The summed E-state index contributed by atoms with van der Waals surface area (Å²) in [5.41, 5.74) is 1.94. The molecule has 2 aromatic rings. The highest BCUT2D eigenvalue weighted by atomic mass is 16.5. The summed E-state index contributed by atoms with van der Waals surface area (Å²) in [6.07, 6.45) is 4.82. The van der Waals surface area contributed by atoms with Crippen LogP contribution in [0.5, 0.6) is 0 Å². The summed E-state index contributed by atoms with van der Waals surface area (Å²) in [6.45, 7) is 1.18. The highest BCUT2D eigenvalue weighted by Crippen LogP contribution is 2.07. The molecule has 6 nitrogen and oxygen atoms in total. The van der Waals surface area contributed by atoms with E-state index in [4.69, 9.17) is 9.47 Å². The number of ether oxygens (including phenoxy) is 2. The lowest BCUT2D eigenvalue weighted by Gasteiger charge is -2.07. The molecule has 2 aromatic carbocycles. The molecule has 172 valence electrons. The summed E-state index contributed by atoms with van der Waals surface area (Å²) in [4.78, 5) is 35.3. The summed E-state index contributed by atoms with van der Waals surface area (Å²) < 4.78 is 10.5.